The molecule has 0 radical (unpaired) electrons. The Bertz CT molecular complexity index is 689. The average molecular weight is 494 g/mol. The van der Waals surface area contributed by atoms with Crippen molar-refractivity contribution in [3.05, 3.63) is 41.2 Å². The summed E-state index contributed by atoms with van der Waals surface area (Å²) in [5, 5.41) is 19.8. The van der Waals surface area contributed by atoms with Crippen molar-refractivity contribution in [3.8, 4) is 12.1 Å². The molecule has 0 aliphatic rings. The minimum absolute atomic E-state index is 0.367. The molecule has 0 unspecified atom stereocenters. The molecule has 0 saturated carbocycles. The number of hydrogen-bond acceptors (Lipinski definition) is 2. The van der Waals surface area contributed by atoms with Crippen molar-refractivity contribution in [3.63, 3.8) is 0 Å². The van der Waals surface area contributed by atoms with Crippen LogP contribution in [0.4, 0.5) is 0 Å². The Hall–Kier alpha value is -0.400. The highest BCUT2D eigenvalue weighted by Gasteiger charge is 2.15. The Morgan fingerprint density at radius 2 is 1.00 bits per heavy atom. The predicted molar refractivity (Wildman–Crippen MR) is 84.2 cm³/mol. The summed E-state index contributed by atoms with van der Waals surface area (Å²) in [5.41, 5.74) is 0.735. The molecule has 18 heavy (non-hydrogen) atoms. The first kappa shape index (κ1) is 14.0. The lowest BCUT2D eigenvalue weighted by molar-refractivity contribution is 1.44. The van der Waals surface area contributed by atoms with Crippen LogP contribution in [0.25, 0.3) is 10.8 Å². The minimum atomic E-state index is 0.367. The molecule has 0 saturated heterocycles. The van der Waals surface area contributed by atoms with Crippen molar-refractivity contribution in [2.45, 2.75) is 0 Å². The molecule has 2 aromatic rings. The fourth-order valence-corrected chi connectivity index (χ4v) is 3.99. The van der Waals surface area contributed by atoms with Gasteiger partial charge in [-0.1, -0.05) is 0 Å². The maximum atomic E-state index is 9.04. The van der Waals surface area contributed by atoms with Gasteiger partial charge in [0.05, 0.1) is 11.1 Å². The SMILES string of the molecule is N#Cc1cc2c(Br)c(Br)c(Br)c(Br)c2cc1C#N. The van der Waals surface area contributed by atoms with Crippen LogP contribution in [-0.2, 0) is 0 Å². The molecule has 0 amide bonds. The topological polar surface area (TPSA) is 47.6 Å². The van der Waals surface area contributed by atoms with Gasteiger partial charge in [-0.3, -0.25) is 0 Å². The van der Waals surface area contributed by atoms with Crippen LogP contribution < -0.4 is 0 Å². The average Bonchev–Trinajstić information content (AvgIpc) is 2.41. The van der Waals surface area contributed by atoms with Crippen molar-refractivity contribution >= 4 is 74.5 Å². The zero-order valence-electron chi connectivity index (χ0n) is 8.56. The molecule has 2 aromatic carbocycles. The second-order valence-corrected chi connectivity index (χ2v) is 6.59. The molecule has 0 heterocycles. The second-order valence-electron chi connectivity index (χ2n) is 3.42. The molecule has 6 heteroatoms. The molecule has 0 N–H and O–H groups in total. The zero-order chi connectivity index (χ0) is 13.4. The summed E-state index contributed by atoms with van der Waals surface area (Å²) in [6.07, 6.45) is 0. The molecule has 88 valence electrons. The largest absolute Gasteiger partial charge is 0.192 e. The maximum absolute atomic E-state index is 9.04. The number of benzene rings is 2. The van der Waals surface area contributed by atoms with E-state index in [1.165, 1.54) is 0 Å². The molecule has 0 aromatic heterocycles. The van der Waals surface area contributed by atoms with Gasteiger partial charge in [-0.15, -0.1) is 0 Å². The summed E-state index contributed by atoms with van der Waals surface area (Å²) in [6, 6.07) is 7.48. The number of fused-ring (bicyclic) bond motifs is 1. The number of hydrogen-bond donors (Lipinski definition) is 0. The second kappa shape index (κ2) is 5.30. The van der Waals surface area contributed by atoms with Gasteiger partial charge in [-0.2, -0.15) is 10.5 Å². The Balaban J connectivity index is 3.05. The maximum Gasteiger partial charge on any atom is 0.101 e. The number of nitrogens with zero attached hydrogens (tertiary/aromatic N) is 2. The van der Waals surface area contributed by atoms with Crippen molar-refractivity contribution in [1.29, 1.82) is 10.5 Å². The van der Waals surface area contributed by atoms with Crippen molar-refractivity contribution in [2.24, 2.45) is 0 Å². The third-order valence-corrected chi connectivity index (χ3v) is 7.28. The normalized spacial score (nSPS) is 10.1. The molecular weight excluding hydrogens is 492 g/mol. The molecule has 0 aliphatic heterocycles. The first-order valence-corrected chi connectivity index (χ1v) is 7.78. The fourth-order valence-electron chi connectivity index (χ4n) is 1.58. The van der Waals surface area contributed by atoms with Gasteiger partial charge in [0, 0.05) is 17.9 Å². The quantitative estimate of drug-likeness (QED) is 0.353. The molecule has 0 spiro atoms. The number of nitriles is 2. The monoisotopic (exact) mass is 490 g/mol. The minimum Gasteiger partial charge on any atom is -0.192 e. The van der Waals surface area contributed by atoms with Crippen LogP contribution in [0.3, 0.4) is 0 Å². The highest BCUT2D eigenvalue weighted by Crippen LogP contribution is 2.44. The summed E-state index contributed by atoms with van der Waals surface area (Å²) < 4.78 is 3.40. The van der Waals surface area contributed by atoms with Gasteiger partial charge in [-0.05, 0) is 86.6 Å². The highest BCUT2D eigenvalue weighted by atomic mass is 79.9. The highest BCUT2D eigenvalue weighted by molar-refractivity contribution is 9.15. The third kappa shape index (κ3) is 2.12. The van der Waals surface area contributed by atoms with E-state index in [-0.39, 0.29) is 0 Å². The van der Waals surface area contributed by atoms with Gasteiger partial charge in [0.25, 0.3) is 0 Å². The van der Waals surface area contributed by atoms with E-state index in [4.69, 9.17) is 10.5 Å². The van der Waals surface area contributed by atoms with Gasteiger partial charge in [0.2, 0.25) is 0 Å². The number of halogens is 4. The standard InChI is InChI=1S/C12H2Br4N2/c13-9-7-1-5(3-17)6(4-18)2-8(7)10(14)12(16)11(9)15/h1-2H. The Labute approximate surface area is 137 Å². The summed E-state index contributed by atoms with van der Waals surface area (Å²) >= 11 is 13.9. The van der Waals surface area contributed by atoms with Crippen LogP contribution in [-0.4, -0.2) is 0 Å². The first-order valence-electron chi connectivity index (χ1n) is 4.61. The van der Waals surface area contributed by atoms with Crippen molar-refractivity contribution in [1.82, 2.24) is 0 Å². The zero-order valence-corrected chi connectivity index (χ0v) is 14.9. The van der Waals surface area contributed by atoms with Crippen LogP contribution >= 0.6 is 63.7 Å². The molecule has 0 atom stereocenters. The van der Waals surface area contributed by atoms with E-state index in [9.17, 15) is 0 Å². The van der Waals surface area contributed by atoms with E-state index in [0.717, 1.165) is 28.7 Å². The predicted octanol–water partition coefficient (Wildman–Crippen LogP) is 5.63. The molecular formula is C12H2Br4N2. The van der Waals surface area contributed by atoms with E-state index in [1.54, 1.807) is 12.1 Å². The Morgan fingerprint density at radius 3 is 1.28 bits per heavy atom. The molecule has 2 nitrogen and oxygen atoms in total. The summed E-state index contributed by atoms with van der Waals surface area (Å²) in [4.78, 5) is 0. The number of rotatable bonds is 0. The van der Waals surface area contributed by atoms with Crippen LogP contribution in [0.2, 0.25) is 0 Å². The third-order valence-electron chi connectivity index (χ3n) is 2.45. The summed E-state index contributed by atoms with van der Waals surface area (Å²) in [5.74, 6) is 0. The van der Waals surface area contributed by atoms with Crippen molar-refractivity contribution < 1.29 is 0 Å². The summed E-state index contributed by atoms with van der Waals surface area (Å²) in [6.45, 7) is 0. The van der Waals surface area contributed by atoms with E-state index in [1.807, 2.05) is 12.1 Å². The van der Waals surface area contributed by atoms with Crippen LogP contribution in [0.5, 0.6) is 0 Å². The molecule has 2 rings (SSSR count). The lowest BCUT2D eigenvalue weighted by Gasteiger charge is -2.10. The molecule has 0 aliphatic carbocycles. The molecule has 0 bridgehead atoms. The van der Waals surface area contributed by atoms with Crippen LogP contribution in [0, 0.1) is 22.7 Å². The van der Waals surface area contributed by atoms with Gasteiger partial charge >= 0.3 is 0 Å². The van der Waals surface area contributed by atoms with Crippen LogP contribution in [0.15, 0.2) is 30.0 Å². The van der Waals surface area contributed by atoms with E-state index in [2.05, 4.69) is 63.7 Å². The Morgan fingerprint density at radius 1 is 0.667 bits per heavy atom. The van der Waals surface area contributed by atoms with E-state index in [0.29, 0.717) is 11.1 Å². The lowest BCUT2D eigenvalue weighted by atomic mass is 10.0. The van der Waals surface area contributed by atoms with Gasteiger partial charge in [0.15, 0.2) is 0 Å². The molecule has 0 fully saturated rings. The van der Waals surface area contributed by atoms with Crippen molar-refractivity contribution in [2.75, 3.05) is 0 Å². The van der Waals surface area contributed by atoms with Gasteiger partial charge in [-0.25, -0.2) is 0 Å². The summed E-state index contributed by atoms with van der Waals surface area (Å²) in [7, 11) is 0. The first-order chi connectivity index (χ1) is 8.51. The smallest absolute Gasteiger partial charge is 0.101 e. The fraction of sp³-hybridized carbons (Fsp3) is 0. The van der Waals surface area contributed by atoms with Gasteiger partial charge < -0.3 is 0 Å². The lowest BCUT2D eigenvalue weighted by Crippen LogP contribution is -1.89. The van der Waals surface area contributed by atoms with E-state index >= 15 is 0 Å². The van der Waals surface area contributed by atoms with Crippen LogP contribution in [0.1, 0.15) is 11.1 Å². The van der Waals surface area contributed by atoms with E-state index < -0.39 is 0 Å². The van der Waals surface area contributed by atoms with Gasteiger partial charge in [0.1, 0.15) is 12.1 Å². The Kier molecular flexibility index (Phi) is 4.13.